The number of hydrogen-bond acceptors (Lipinski definition) is 3. The molecule has 1 aliphatic rings. The number of halogens is 2. The summed E-state index contributed by atoms with van der Waals surface area (Å²) in [6.45, 7) is 0. The van der Waals surface area contributed by atoms with Crippen molar-refractivity contribution >= 4 is 22.9 Å². The van der Waals surface area contributed by atoms with Crippen molar-refractivity contribution < 1.29 is 4.39 Å². The highest BCUT2D eigenvalue weighted by molar-refractivity contribution is 7.15. The molecule has 0 saturated heterocycles. The molecule has 1 heterocycles. The fourth-order valence-corrected chi connectivity index (χ4v) is 3.83. The van der Waals surface area contributed by atoms with Crippen LogP contribution in [0, 0.1) is 5.82 Å². The van der Waals surface area contributed by atoms with E-state index in [0.717, 1.165) is 30.0 Å². The topological polar surface area (TPSA) is 24.9 Å². The summed E-state index contributed by atoms with van der Waals surface area (Å²) in [7, 11) is 1.94. The van der Waals surface area contributed by atoms with E-state index in [2.05, 4.69) is 10.3 Å². The van der Waals surface area contributed by atoms with Gasteiger partial charge in [0.1, 0.15) is 10.8 Å². The first kappa shape index (κ1) is 13.0. The van der Waals surface area contributed by atoms with Crippen LogP contribution in [0.4, 0.5) is 4.39 Å². The normalized spacial score (nSPS) is 18.4. The first-order chi connectivity index (χ1) is 9.19. The fourth-order valence-electron chi connectivity index (χ4n) is 2.48. The molecule has 100 valence electrons. The van der Waals surface area contributed by atoms with Crippen LogP contribution >= 0.6 is 22.9 Å². The number of rotatable bonds is 2. The van der Waals surface area contributed by atoms with E-state index >= 15 is 0 Å². The van der Waals surface area contributed by atoms with Crippen molar-refractivity contribution in [2.24, 2.45) is 0 Å². The highest BCUT2D eigenvalue weighted by Crippen LogP contribution is 2.38. The second kappa shape index (κ2) is 5.19. The van der Waals surface area contributed by atoms with Crippen LogP contribution in [0.5, 0.6) is 0 Å². The number of fused-ring (bicyclic) bond motifs is 1. The number of nitrogens with one attached hydrogen (secondary N) is 1. The van der Waals surface area contributed by atoms with Gasteiger partial charge in [-0.2, -0.15) is 0 Å². The van der Waals surface area contributed by atoms with Gasteiger partial charge in [0.15, 0.2) is 0 Å². The molecule has 3 rings (SSSR count). The Labute approximate surface area is 120 Å². The molecular formula is C14H14ClFN2S. The van der Waals surface area contributed by atoms with Crippen molar-refractivity contribution in [1.82, 2.24) is 10.3 Å². The van der Waals surface area contributed by atoms with E-state index in [1.807, 2.05) is 7.05 Å². The highest BCUT2D eigenvalue weighted by Gasteiger charge is 2.24. The summed E-state index contributed by atoms with van der Waals surface area (Å²) >= 11 is 7.53. The maximum atomic E-state index is 13.9. The van der Waals surface area contributed by atoms with E-state index in [-0.39, 0.29) is 11.9 Å². The van der Waals surface area contributed by atoms with E-state index in [0.29, 0.717) is 10.6 Å². The van der Waals surface area contributed by atoms with Gasteiger partial charge in [-0.1, -0.05) is 11.6 Å². The molecular weight excluding hydrogens is 283 g/mol. The van der Waals surface area contributed by atoms with Crippen LogP contribution in [0.2, 0.25) is 5.02 Å². The zero-order valence-corrected chi connectivity index (χ0v) is 12.1. The molecule has 1 aromatic heterocycles. The van der Waals surface area contributed by atoms with Gasteiger partial charge in [-0.3, -0.25) is 0 Å². The molecule has 0 aliphatic heterocycles. The standard InChI is InChI=1S/C14H14ClFN2S/c1-17-11-3-2-4-12-13(11)18-14(19-12)9-7-8(15)5-6-10(9)16/h5-7,11,17H,2-4H2,1H3. The molecule has 1 N–H and O–H groups in total. The summed E-state index contributed by atoms with van der Waals surface area (Å²) in [4.78, 5) is 5.90. The third-order valence-corrected chi connectivity index (χ3v) is 4.86. The average molecular weight is 297 g/mol. The number of benzene rings is 1. The van der Waals surface area contributed by atoms with Gasteiger partial charge in [0.2, 0.25) is 0 Å². The predicted octanol–water partition coefficient (Wildman–Crippen LogP) is 4.20. The Hall–Kier alpha value is -0.970. The molecule has 1 atom stereocenters. The SMILES string of the molecule is CNC1CCCc2sc(-c3cc(Cl)ccc3F)nc21. The minimum absolute atomic E-state index is 0.267. The summed E-state index contributed by atoms with van der Waals surface area (Å²) in [6, 6.07) is 4.89. The Morgan fingerprint density at radius 3 is 3.11 bits per heavy atom. The minimum Gasteiger partial charge on any atom is -0.312 e. The smallest absolute Gasteiger partial charge is 0.133 e. The fraction of sp³-hybridized carbons (Fsp3) is 0.357. The molecule has 2 aromatic rings. The van der Waals surface area contributed by atoms with Crippen LogP contribution in [0.3, 0.4) is 0 Å². The van der Waals surface area contributed by atoms with Gasteiger partial charge in [-0.05, 0) is 44.5 Å². The lowest BCUT2D eigenvalue weighted by Gasteiger charge is -2.19. The first-order valence-electron chi connectivity index (χ1n) is 6.31. The predicted molar refractivity (Wildman–Crippen MR) is 77.3 cm³/mol. The number of aryl methyl sites for hydroxylation is 1. The van der Waals surface area contributed by atoms with Crippen molar-refractivity contribution in [3.05, 3.63) is 39.6 Å². The van der Waals surface area contributed by atoms with E-state index in [9.17, 15) is 4.39 Å². The van der Waals surface area contributed by atoms with Crippen LogP contribution in [0.15, 0.2) is 18.2 Å². The molecule has 0 spiro atoms. The average Bonchev–Trinajstić information content (AvgIpc) is 2.85. The molecule has 0 saturated carbocycles. The lowest BCUT2D eigenvalue weighted by molar-refractivity contribution is 0.490. The first-order valence-corrected chi connectivity index (χ1v) is 7.51. The molecule has 0 radical (unpaired) electrons. The molecule has 1 unspecified atom stereocenters. The van der Waals surface area contributed by atoms with E-state index in [1.165, 1.54) is 10.9 Å². The third kappa shape index (κ3) is 2.40. The maximum absolute atomic E-state index is 13.9. The van der Waals surface area contributed by atoms with Crippen LogP contribution in [-0.4, -0.2) is 12.0 Å². The minimum atomic E-state index is -0.267. The third-order valence-electron chi connectivity index (χ3n) is 3.46. The molecule has 0 bridgehead atoms. The summed E-state index contributed by atoms with van der Waals surface area (Å²) in [5.74, 6) is -0.267. The number of nitrogens with zero attached hydrogens (tertiary/aromatic N) is 1. The van der Waals surface area contributed by atoms with Crippen molar-refractivity contribution in [2.75, 3.05) is 7.05 Å². The van der Waals surface area contributed by atoms with Gasteiger partial charge >= 0.3 is 0 Å². The van der Waals surface area contributed by atoms with Crippen LogP contribution in [0.25, 0.3) is 10.6 Å². The van der Waals surface area contributed by atoms with E-state index in [4.69, 9.17) is 11.6 Å². The molecule has 0 fully saturated rings. The Balaban J connectivity index is 2.07. The number of aromatic nitrogens is 1. The van der Waals surface area contributed by atoms with Crippen LogP contribution < -0.4 is 5.32 Å². The lowest BCUT2D eigenvalue weighted by atomic mass is 9.98. The molecule has 1 aliphatic carbocycles. The van der Waals surface area contributed by atoms with Gasteiger partial charge in [-0.15, -0.1) is 11.3 Å². The summed E-state index contributed by atoms with van der Waals surface area (Å²) in [5.41, 5.74) is 1.58. The van der Waals surface area contributed by atoms with Crippen LogP contribution in [-0.2, 0) is 6.42 Å². The van der Waals surface area contributed by atoms with E-state index in [1.54, 1.807) is 23.5 Å². The largest absolute Gasteiger partial charge is 0.312 e. The van der Waals surface area contributed by atoms with Gasteiger partial charge in [0, 0.05) is 15.5 Å². The second-order valence-corrected chi connectivity index (χ2v) is 6.21. The van der Waals surface area contributed by atoms with Gasteiger partial charge in [0.25, 0.3) is 0 Å². The Kier molecular flexibility index (Phi) is 3.56. The van der Waals surface area contributed by atoms with Crippen molar-refractivity contribution in [3.8, 4) is 10.6 Å². The van der Waals surface area contributed by atoms with Gasteiger partial charge < -0.3 is 5.32 Å². The van der Waals surface area contributed by atoms with Gasteiger partial charge in [-0.25, -0.2) is 9.37 Å². The molecule has 5 heteroatoms. The monoisotopic (exact) mass is 296 g/mol. The highest BCUT2D eigenvalue weighted by atomic mass is 35.5. The van der Waals surface area contributed by atoms with Crippen molar-refractivity contribution in [3.63, 3.8) is 0 Å². The molecule has 1 aromatic carbocycles. The zero-order valence-electron chi connectivity index (χ0n) is 10.5. The Morgan fingerprint density at radius 1 is 1.47 bits per heavy atom. The molecule has 19 heavy (non-hydrogen) atoms. The Bertz CT molecular complexity index is 611. The number of hydrogen-bond donors (Lipinski definition) is 1. The second-order valence-electron chi connectivity index (χ2n) is 4.69. The van der Waals surface area contributed by atoms with Crippen molar-refractivity contribution in [1.29, 1.82) is 0 Å². The van der Waals surface area contributed by atoms with Crippen LogP contribution in [0.1, 0.15) is 29.5 Å². The van der Waals surface area contributed by atoms with Crippen molar-refractivity contribution in [2.45, 2.75) is 25.3 Å². The lowest BCUT2D eigenvalue weighted by Crippen LogP contribution is -2.21. The maximum Gasteiger partial charge on any atom is 0.133 e. The van der Waals surface area contributed by atoms with Gasteiger partial charge in [0.05, 0.1) is 11.7 Å². The summed E-state index contributed by atoms with van der Waals surface area (Å²) < 4.78 is 13.9. The quantitative estimate of drug-likeness (QED) is 0.898. The Morgan fingerprint density at radius 2 is 2.32 bits per heavy atom. The summed E-state index contributed by atoms with van der Waals surface area (Å²) in [5, 5.41) is 4.54. The molecule has 2 nitrogen and oxygen atoms in total. The summed E-state index contributed by atoms with van der Waals surface area (Å²) in [6.07, 6.45) is 3.27. The molecule has 0 amide bonds. The van der Waals surface area contributed by atoms with E-state index < -0.39 is 0 Å². The number of thiazole rings is 1. The zero-order chi connectivity index (χ0) is 13.4.